The van der Waals surface area contributed by atoms with Crippen molar-refractivity contribution < 1.29 is 17.6 Å². The lowest BCUT2D eigenvalue weighted by atomic mass is 10.0. The molecule has 1 saturated heterocycles. The number of halogens is 4. The van der Waals surface area contributed by atoms with Crippen LogP contribution in [-0.4, -0.2) is 38.5 Å². The third-order valence-corrected chi connectivity index (χ3v) is 6.98. The molecular weight excluding hydrogens is 484 g/mol. The van der Waals surface area contributed by atoms with Crippen LogP contribution in [0.3, 0.4) is 0 Å². The van der Waals surface area contributed by atoms with E-state index in [0.717, 1.165) is 40.1 Å². The fraction of sp³-hybridized carbons (Fsp3) is 0.259. The van der Waals surface area contributed by atoms with E-state index in [9.17, 15) is 17.6 Å². The molecule has 1 aliphatic rings. The third-order valence-electron chi connectivity index (χ3n) is 6.98. The Morgan fingerprint density at radius 1 is 0.946 bits per heavy atom. The number of aromatic nitrogens is 4. The Bertz CT molecular complexity index is 1600. The van der Waals surface area contributed by atoms with Crippen LogP contribution in [-0.2, 0) is 7.05 Å². The minimum Gasteiger partial charge on any atom is -0.382 e. The lowest BCUT2D eigenvalue weighted by Gasteiger charge is -2.33. The van der Waals surface area contributed by atoms with E-state index in [4.69, 9.17) is 0 Å². The van der Waals surface area contributed by atoms with Gasteiger partial charge in [0.05, 0.1) is 16.6 Å². The van der Waals surface area contributed by atoms with E-state index >= 15 is 0 Å². The van der Waals surface area contributed by atoms with Crippen LogP contribution in [0.25, 0.3) is 33.2 Å². The molecule has 190 valence electrons. The molecule has 0 atom stereocenters. The Labute approximate surface area is 210 Å². The first-order valence-corrected chi connectivity index (χ1v) is 12.1. The fourth-order valence-electron chi connectivity index (χ4n) is 5.14. The van der Waals surface area contributed by atoms with Crippen molar-refractivity contribution in [2.45, 2.75) is 25.4 Å². The summed E-state index contributed by atoms with van der Waals surface area (Å²) >= 11 is 0. The van der Waals surface area contributed by atoms with E-state index < -0.39 is 18.2 Å². The number of hydrogen-bond acceptors (Lipinski definition) is 4. The van der Waals surface area contributed by atoms with Crippen LogP contribution >= 0.6 is 0 Å². The zero-order valence-corrected chi connectivity index (χ0v) is 20.0. The molecule has 37 heavy (non-hydrogen) atoms. The molecule has 0 amide bonds. The number of aryl methyl sites for hydroxylation is 1. The third kappa shape index (κ3) is 4.06. The maximum atomic E-state index is 14.4. The van der Waals surface area contributed by atoms with Crippen molar-refractivity contribution in [3.05, 3.63) is 72.3 Å². The number of para-hydroxylation sites is 2. The highest BCUT2D eigenvalue weighted by molar-refractivity contribution is 5.95. The van der Waals surface area contributed by atoms with E-state index in [2.05, 4.69) is 15.4 Å². The van der Waals surface area contributed by atoms with E-state index in [1.165, 1.54) is 12.1 Å². The van der Waals surface area contributed by atoms with E-state index in [-0.39, 0.29) is 11.6 Å². The summed E-state index contributed by atoms with van der Waals surface area (Å²) < 4.78 is 58.6. The summed E-state index contributed by atoms with van der Waals surface area (Å²) in [6.45, 7) is -1.50. The van der Waals surface area contributed by atoms with Crippen molar-refractivity contribution >= 4 is 33.6 Å². The summed E-state index contributed by atoms with van der Waals surface area (Å²) in [5.74, 6) is -1.54. The van der Waals surface area contributed by atoms with Gasteiger partial charge >= 0.3 is 6.55 Å². The van der Waals surface area contributed by atoms with Gasteiger partial charge in [0.2, 0.25) is 5.95 Å². The summed E-state index contributed by atoms with van der Waals surface area (Å²) in [6, 6.07) is 16.8. The largest absolute Gasteiger partial charge is 0.382 e. The van der Waals surface area contributed by atoms with E-state index in [1.54, 1.807) is 36.0 Å². The predicted octanol–water partition coefficient (Wildman–Crippen LogP) is 6.34. The molecule has 6 nitrogen and oxygen atoms in total. The van der Waals surface area contributed by atoms with Crippen LogP contribution in [0, 0.1) is 11.6 Å². The number of anilines is 2. The number of hydrogen-bond donors (Lipinski definition) is 1. The van der Waals surface area contributed by atoms with Crippen molar-refractivity contribution in [3.63, 3.8) is 0 Å². The average molecular weight is 509 g/mol. The number of benzene rings is 3. The van der Waals surface area contributed by atoms with E-state index in [0.29, 0.717) is 35.8 Å². The van der Waals surface area contributed by atoms with Crippen molar-refractivity contribution in [2.75, 3.05) is 23.3 Å². The first-order valence-electron chi connectivity index (χ1n) is 12.1. The van der Waals surface area contributed by atoms with Gasteiger partial charge in [-0.1, -0.05) is 18.2 Å². The van der Waals surface area contributed by atoms with Gasteiger partial charge in [0.15, 0.2) is 11.6 Å². The molecule has 0 bridgehead atoms. The Hall–Kier alpha value is -4.08. The Kier molecular flexibility index (Phi) is 5.73. The number of nitrogens with one attached hydrogen (secondary N) is 1. The van der Waals surface area contributed by atoms with Crippen molar-refractivity contribution in [3.8, 4) is 11.3 Å². The first-order chi connectivity index (χ1) is 17.9. The summed E-state index contributed by atoms with van der Waals surface area (Å²) in [4.78, 5) is 6.39. The van der Waals surface area contributed by atoms with Crippen LogP contribution in [0.5, 0.6) is 0 Å². The Morgan fingerprint density at radius 2 is 1.73 bits per heavy atom. The first kappa shape index (κ1) is 23.3. The molecule has 1 aliphatic heterocycles. The highest BCUT2D eigenvalue weighted by Gasteiger charge is 2.26. The fourth-order valence-corrected chi connectivity index (χ4v) is 5.14. The van der Waals surface area contributed by atoms with Crippen molar-refractivity contribution in [2.24, 2.45) is 7.05 Å². The van der Waals surface area contributed by atoms with Gasteiger partial charge in [-0.2, -0.15) is 13.9 Å². The van der Waals surface area contributed by atoms with Crippen molar-refractivity contribution in [1.29, 1.82) is 0 Å². The number of alkyl halides is 2. The standard InChI is InChI=1S/C27H24F4N6/c1-35-23-15-17(9-10-18(23)25(34-35)19-5-4-6-20(28)24(19)29)32-16-11-13-36(14-12-16)27-33-21-7-2-3-8-22(21)37(27)26(30)31/h2-10,15-16,26,32H,11-14H2,1H3. The number of piperidine rings is 1. The molecule has 0 saturated carbocycles. The Morgan fingerprint density at radius 3 is 2.51 bits per heavy atom. The summed E-state index contributed by atoms with van der Waals surface area (Å²) in [5, 5.41) is 8.69. The van der Waals surface area contributed by atoms with Gasteiger partial charge in [-0.25, -0.2) is 13.8 Å². The smallest absolute Gasteiger partial charge is 0.321 e. The normalized spacial score (nSPS) is 14.8. The minimum absolute atomic E-state index is 0.119. The molecule has 1 fully saturated rings. The number of fused-ring (bicyclic) bond motifs is 2. The zero-order chi connectivity index (χ0) is 25.7. The topological polar surface area (TPSA) is 50.9 Å². The van der Waals surface area contributed by atoms with Gasteiger partial charge < -0.3 is 10.2 Å². The van der Waals surface area contributed by atoms with Crippen LogP contribution < -0.4 is 10.2 Å². The maximum absolute atomic E-state index is 14.4. The second kappa shape index (κ2) is 9.10. The summed E-state index contributed by atoms with van der Waals surface area (Å²) in [7, 11) is 1.76. The van der Waals surface area contributed by atoms with Crippen LogP contribution in [0.15, 0.2) is 60.7 Å². The van der Waals surface area contributed by atoms with Gasteiger partial charge in [0.25, 0.3) is 0 Å². The second-order valence-electron chi connectivity index (χ2n) is 9.26. The molecule has 0 spiro atoms. The number of nitrogens with zero attached hydrogens (tertiary/aromatic N) is 5. The maximum Gasteiger partial charge on any atom is 0.321 e. The molecule has 1 N–H and O–H groups in total. The summed E-state index contributed by atoms with van der Waals surface area (Å²) in [6.07, 6.45) is 1.49. The minimum atomic E-state index is -2.67. The van der Waals surface area contributed by atoms with Gasteiger partial charge in [0.1, 0.15) is 5.69 Å². The number of imidazole rings is 1. The molecule has 5 aromatic rings. The monoisotopic (exact) mass is 508 g/mol. The molecule has 0 aliphatic carbocycles. The highest BCUT2D eigenvalue weighted by atomic mass is 19.3. The lowest BCUT2D eigenvalue weighted by Crippen LogP contribution is -2.40. The molecule has 0 unspecified atom stereocenters. The van der Waals surface area contributed by atoms with Gasteiger partial charge in [-0.15, -0.1) is 0 Å². The molecule has 3 heterocycles. The van der Waals surface area contributed by atoms with Crippen molar-refractivity contribution in [1.82, 2.24) is 19.3 Å². The molecule has 0 radical (unpaired) electrons. The highest BCUT2D eigenvalue weighted by Crippen LogP contribution is 2.33. The van der Waals surface area contributed by atoms with Gasteiger partial charge in [0, 0.05) is 42.8 Å². The average Bonchev–Trinajstić information content (AvgIpc) is 3.44. The van der Waals surface area contributed by atoms with Gasteiger partial charge in [-0.3, -0.25) is 9.25 Å². The van der Waals surface area contributed by atoms with Crippen LogP contribution in [0.1, 0.15) is 19.4 Å². The van der Waals surface area contributed by atoms with Gasteiger partial charge in [-0.05, 0) is 55.3 Å². The molecule has 10 heteroatoms. The SMILES string of the molecule is Cn1nc(-c2cccc(F)c2F)c2ccc(NC3CCN(c4nc5ccccc5n4C(F)F)CC3)cc21. The quantitative estimate of drug-likeness (QED) is 0.281. The Balaban J connectivity index is 1.20. The predicted molar refractivity (Wildman–Crippen MR) is 136 cm³/mol. The van der Waals surface area contributed by atoms with Crippen LogP contribution in [0.4, 0.5) is 29.2 Å². The molecular formula is C27H24F4N6. The van der Waals surface area contributed by atoms with Crippen LogP contribution in [0.2, 0.25) is 0 Å². The summed E-state index contributed by atoms with van der Waals surface area (Å²) in [5.41, 5.74) is 3.14. The lowest BCUT2D eigenvalue weighted by molar-refractivity contribution is 0.0757. The molecule has 3 aromatic carbocycles. The molecule has 2 aromatic heterocycles. The second-order valence-corrected chi connectivity index (χ2v) is 9.26. The number of rotatable bonds is 5. The van der Waals surface area contributed by atoms with E-state index in [1.807, 2.05) is 23.1 Å². The zero-order valence-electron chi connectivity index (χ0n) is 20.0. The molecule has 6 rings (SSSR count).